The van der Waals surface area contributed by atoms with Gasteiger partial charge in [-0.3, -0.25) is 4.79 Å². The average Bonchev–Trinajstić information content (AvgIpc) is 2.48. The van der Waals surface area contributed by atoms with Crippen molar-refractivity contribution in [2.24, 2.45) is 0 Å². The van der Waals surface area contributed by atoms with Crippen LogP contribution in [0.3, 0.4) is 0 Å². The molecule has 0 fully saturated rings. The first-order valence-electron chi connectivity index (χ1n) is 6.68. The molecule has 0 aromatic heterocycles. The molecule has 0 saturated carbocycles. The molecule has 0 N–H and O–H groups in total. The number of carbonyl (C=O) groups is 1. The summed E-state index contributed by atoms with van der Waals surface area (Å²) in [6, 6.07) is 11.2. The summed E-state index contributed by atoms with van der Waals surface area (Å²) in [7, 11) is 0. The van der Waals surface area contributed by atoms with Crippen LogP contribution in [-0.4, -0.2) is 5.78 Å². The van der Waals surface area contributed by atoms with Crippen molar-refractivity contribution in [3.63, 3.8) is 0 Å². The lowest BCUT2D eigenvalue weighted by molar-refractivity contribution is 0.103. The van der Waals surface area contributed by atoms with Gasteiger partial charge in [0.15, 0.2) is 5.78 Å². The maximum Gasteiger partial charge on any atom is 0.194 e. The minimum absolute atomic E-state index is 0.0337. The molecule has 104 valence electrons. The highest BCUT2D eigenvalue weighted by Crippen LogP contribution is 2.24. The van der Waals surface area contributed by atoms with Crippen LogP contribution in [0.5, 0.6) is 0 Å². The largest absolute Gasteiger partial charge is 0.289 e. The molecular weight excluding hydrogens is 336 g/mol. The number of ketones is 1. The third kappa shape index (κ3) is 3.13. The summed E-state index contributed by atoms with van der Waals surface area (Å²) in [5.41, 5.74) is 3.75. The van der Waals surface area contributed by atoms with Gasteiger partial charge >= 0.3 is 0 Å². The number of rotatable bonds is 4. The van der Waals surface area contributed by atoms with Crippen LogP contribution in [0.15, 0.2) is 40.9 Å². The molecule has 3 heteroatoms. The van der Waals surface area contributed by atoms with Crippen LogP contribution in [-0.2, 0) is 12.8 Å². The Kier molecular flexibility index (Phi) is 5.00. The van der Waals surface area contributed by atoms with E-state index in [9.17, 15) is 4.79 Å². The van der Waals surface area contributed by atoms with Crippen LogP contribution in [0.4, 0.5) is 0 Å². The number of carbonyl (C=O) groups excluding carboxylic acids is 1. The van der Waals surface area contributed by atoms with Gasteiger partial charge in [0.25, 0.3) is 0 Å². The Labute approximate surface area is 133 Å². The first-order valence-corrected chi connectivity index (χ1v) is 7.85. The van der Waals surface area contributed by atoms with Crippen molar-refractivity contribution in [1.82, 2.24) is 0 Å². The molecule has 2 aromatic carbocycles. The minimum Gasteiger partial charge on any atom is -0.289 e. The Balaban J connectivity index is 2.45. The molecule has 0 spiro atoms. The summed E-state index contributed by atoms with van der Waals surface area (Å²) in [4.78, 5) is 12.6. The second-order valence-electron chi connectivity index (χ2n) is 4.64. The zero-order valence-electron chi connectivity index (χ0n) is 11.5. The van der Waals surface area contributed by atoms with E-state index in [-0.39, 0.29) is 5.78 Å². The van der Waals surface area contributed by atoms with E-state index in [0.29, 0.717) is 16.1 Å². The van der Waals surface area contributed by atoms with Crippen molar-refractivity contribution in [3.05, 3.63) is 68.1 Å². The Bertz CT molecular complexity index is 649. The first-order chi connectivity index (χ1) is 9.56. The minimum atomic E-state index is -0.0337. The standard InChI is InChI=1S/C17H16BrClO/c1-3-11-5-6-13(9-12(11)4-2)17(20)15-10-14(18)7-8-16(15)19/h5-10H,3-4H2,1-2H3. The van der Waals surface area contributed by atoms with E-state index < -0.39 is 0 Å². The second kappa shape index (κ2) is 6.55. The van der Waals surface area contributed by atoms with E-state index in [4.69, 9.17) is 11.6 Å². The lowest BCUT2D eigenvalue weighted by Crippen LogP contribution is -2.04. The zero-order chi connectivity index (χ0) is 14.7. The van der Waals surface area contributed by atoms with Gasteiger partial charge in [0.1, 0.15) is 0 Å². The maximum atomic E-state index is 12.6. The highest BCUT2D eigenvalue weighted by molar-refractivity contribution is 9.10. The average molecular weight is 352 g/mol. The predicted molar refractivity (Wildman–Crippen MR) is 87.8 cm³/mol. The third-order valence-corrected chi connectivity index (χ3v) is 4.23. The Morgan fingerprint density at radius 2 is 1.75 bits per heavy atom. The van der Waals surface area contributed by atoms with E-state index in [1.807, 2.05) is 24.3 Å². The summed E-state index contributed by atoms with van der Waals surface area (Å²) >= 11 is 9.51. The predicted octanol–water partition coefficient (Wildman–Crippen LogP) is 5.46. The molecule has 1 nitrogen and oxygen atoms in total. The number of halogens is 2. The van der Waals surface area contributed by atoms with Crippen LogP contribution in [0, 0.1) is 0 Å². The normalized spacial score (nSPS) is 10.6. The first kappa shape index (κ1) is 15.3. The number of hydrogen-bond donors (Lipinski definition) is 0. The molecule has 0 aliphatic heterocycles. The van der Waals surface area contributed by atoms with E-state index >= 15 is 0 Å². The summed E-state index contributed by atoms with van der Waals surface area (Å²) in [6.07, 6.45) is 1.91. The molecule has 0 radical (unpaired) electrons. The summed E-state index contributed by atoms with van der Waals surface area (Å²) in [5.74, 6) is -0.0337. The topological polar surface area (TPSA) is 17.1 Å². The van der Waals surface area contributed by atoms with Gasteiger partial charge in [-0.05, 0) is 48.2 Å². The van der Waals surface area contributed by atoms with Crippen LogP contribution in [0.25, 0.3) is 0 Å². The fourth-order valence-electron chi connectivity index (χ4n) is 2.27. The monoisotopic (exact) mass is 350 g/mol. The molecule has 20 heavy (non-hydrogen) atoms. The zero-order valence-corrected chi connectivity index (χ0v) is 13.9. The van der Waals surface area contributed by atoms with Crippen LogP contribution in [0.1, 0.15) is 40.9 Å². The van der Waals surface area contributed by atoms with E-state index in [1.54, 1.807) is 12.1 Å². The Morgan fingerprint density at radius 1 is 1.05 bits per heavy atom. The molecule has 0 amide bonds. The van der Waals surface area contributed by atoms with Gasteiger partial charge in [-0.15, -0.1) is 0 Å². The molecule has 0 heterocycles. The maximum absolute atomic E-state index is 12.6. The third-order valence-electron chi connectivity index (χ3n) is 3.40. The van der Waals surface area contributed by atoms with Gasteiger partial charge < -0.3 is 0 Å². The molecule has 0 unspecified atom stereocenters. The molecule has 2 aromatic rings. The number of aryl methyl sites for hydroxylation is 2. The van der Waals surface area contributed by atoms with Gasteiger partial charge in [0.05, 0.1) is 5.02 Å². The second-order valence-corrected chi connectivity index (χ2v) is 5.97. The van der Waals surface area contributed by atoms with E-state index in [2.05, 4.69) is 29.8 Å². The SMILES string of the molecule is CCc1ccc(C(=O)c2cc(Br)ccc2Cl)cc1CC. The Morgan fingerprint density at radius 3 is 2.40 bits per heavy atom. The molecule has 0 aliphatic rings. The Hall–Kier alpha value is -1.12. The molecule has 0 aliphatic carbocycles. The van der Waals surface area contributed by atoms with Crippen molar-refractivity contribution in [3.8, 4) is 0 Å². The summed E-state index contributed by atoms with van der Waals surface area (Å²) in [6.45, 7) is 4.23. The van der Waals surface area contributed by atoms with Gasteiger partial charge in [-0.1, -0.05) is 53.5 Å². The van der Waals surface area contributed by atoms with Gasteiger partial charge in [-0.25, -0.2) is 0 Å². The van der Waals surface area contributed by atoms with Crippen molar-refractivity contribution in [2.75, 3.05) is 0 Å². The van der Waals surface area contributed by atoms with Crippen LogP contribution in [0.2, 0.25) is 5.02 Å². The summed E-state index contributed by atoms with van der Waals surface area (Å²) in [5, 5.41) is 0.482. The molecule has 2 rings (SSSR count). The van der Waals surface area contributed by atoms with Crippen molar-refractivity contribution in [1.29, 1.82) is 0 Å². The van der Waals surface area contributed by atoms with Gasteiger partial charge in [0.2, 0.25) is 0 Å². The highest BCUT2D eigenvalue weighted by Gasteiger charge is 2.14. The van der Waals surface area contributed by atoms with Crippen LogP contribution >= 0.6 is 27.5 Å². The van der Waals surface area contributed by atoms with Crippen LogP contribution < -0.4 is 0 Å². The number of benzene rings is 2. The molecule has 0 atom stereocenters. The smallest absolute Gasteiger partial charge is 0.194 e. The van der Waals surface area contributed by atoms with E-state index in [1.165, 1.54) is 11.1 Å². The lowest BCUT2D eigenvalue weighted by atomic mass is 9.96. The van der Waals surface area contributed by atoms with Gasteiger partial charge in [-0.2, -0.15) is 0 Å². The van der Waals surface area contributed by atoms with Crippen molar-refractivity contribution in [2.45, 2.75) is 26.7 Å². The lowest BCUT2D eigenvalue weighted by Gasteiger charge is -2.09. The molecular formula is C17H16BrClO. The fraction of sp³-hybridized carbons (Fsp3) is 0.235. The quantitative estimate of drug-likeness (QED) is 0.669. The van der Waals surface area contributed by atoms with Gasteiger partial charge in [0, 0.05) is 15.6 Å². The van der Waals surface area contributed by atoms with Crippen molar-refractivity contribution >= 4 is 33.3 Å². The van der Waals surface area contributed by atoms with E-state index in [0.717, 1.165) is 17.3 Å². The van der Waals surface area contributed by atoms with Crippen molar-refractivity contribution < 1.29 is 4.79 Å². The molecule has 0 bridgehead atoms. The number of hydrogen-bond acceptors (Lipinski definition) is 1. The fourth-order valence-corrected chi connectivity index (χ4v) is 2.83. The highest BCUT2D eigenvalue weighted by atomic mass is 79.9. The molecule has 0 saturated heterocycles. The summed E-state index contributed by atoms with van der Waals surface area (Å²) < 4.78 is 0.853.